The van der Waals surface area contributed by atoms with Gasteiger partial charge in [-0.1, -0.05) is 0 Å². The number of allylic oxidation sites excluding steroid dienone is 5. The van der Waals surface area contributed by atoms with Crippen molar-refractivity contribution in [1.29, 1.82) is 5.41 Å². The Balaban J connectivity index is 2.75. The van der Waals surface area contributed by atoms with E-state index >= 15 is 0 Å². The van der Waals surface area contributed by atoms with Gasteiger partial charge in [0.25, 0.3) is 0 Å². The molecule has 0 spiro atoms. The van der Waals surface area contributed by atoms with Crippen molar-refractivity contribution in [2.75, 3.05) is 35.5 Å². The van der Waals surface area contributed by atoms with Crippen LogP contribution in [-0.4, -0.2) is 55.2 Å². The number of hydrogen-bond donors (Lipinski definition) is 1. The zero-order valence-electron chi connectivity index (χ0n) is 17.9. The van der Waals surface area contributed by atoms with E-state index in [1.54, 1.807) is 25.2 Å². The third kappa shape index (κ3) is 8.97. The number of carbonyl (C=O) groups is 1. The van der Waals surface area contributed by atoms with E-state index in [0.717, 1.165) is 28.5 Å². The first-order valence-electron chi connectivity index (χ1n) is 9.53. The predicted octanol–water partition coefficient (Wildman–Crippen LogP) is 5.85. The Hall–Kier alpha value is -0.370. The van der Waals surface area contributed by atoms with Crippen LogP contribution in [0.25, 0.3) is 0 Å². The Bertz CT molecular complexity index is 653. The summed E-state index contributed by atoms with van der Waals surface area (Å²) in [5.74, 6) is -0.227. The summed E-state index contributed by atoms with van der Waals surface area (Å²) in [6, 6.07) is 0. The first-order chi connectivity index (χ1) is 12.9. The van der Waals surface area contributed by atoms with Crippen LogP contribution in [0.2, 0.25) is 0 Å². The van der Waals surface area contributed by atoms with Crippen molar-refractivity contribution in [3.63, 3.8) is 0 Å². The summed E-state index contributed by atoms with van der Waals surface area (Å²) in [4.78, 5) is 15.4. The summed E-state index contributed by atoms with van der Waals surface area (Å²) in [6.07, 6.45) is 6.16. The standard InChI is InChI=1S/C21H34Cl2IN3O/c1-7-18(23)15-17(14-16(2)22)19(25)20(28)26(6)24-9-12-27(13-10-24)11-8-21(3,4)5/h7,14-15,25H,8-13H2,1-6H3/b16-14+,17-15+,18-7+,25-19?. The Morgan fingerprint density at radius 2 is 1.79 bits per heavy atom. The molecule has 28 heavy (non-hydrogen) atoms. The maximum atomic E-state index is 12.9. The summed E-state index contributed by atoms with van der Waals surface area (Å²) in [6.45, 7) is 13.6. The fourth-order valence-corrected chi connectivity index (χ4v) is 8.19. The van der Waals surface area contributed by atoms with Gasteiger partial charge in [-0.2, -0.15) is 0 Å². The Morgan fingerprint density at radius 3 is 2.25 bits per heavy atom. The van der Waals surface area contributed by atoms with Gasteiger partial charge in [0.05, 0.1) is 0 Å². The van der Waals surface area contributed by atoms with Crippen molar-refractivity contribution in [1.82, 2.24) is 8.01 Å². The topological polar surface area (TPSA) is 47.4 Å². The van der Waals surface area contributed by atoms with Crippen LogP contribution in [0.3, 0.4) is 0 Å². The van der Waals surface area contributed by atoms with Gasteiger partial charge in [0, 0.05) is 0 Å². The Morgan fingerprint density at radius 1 is 1.21 bits per heavy atom. The van der Waals surface area contributed by atoms with Crippen LogP contribution in [0.4, 0.5) is 0 Å². The molecule has 0 aromatic rings. The zero-order valence-corrected chi connectivity index (χ0v) is 21.6. The summed E-state index contributed by atoms with van der Waals surface area (Å²) in [5.41, 5.74) is 0.755. The van der Waals surface area contributed by atoms with Crippen LogP contribution < -0.4 is 0 Å². The normalized spacial score (nSPS) is 19.0. The molecule has 1 heterocycles. The molecule has 0 aliphatic carbocycles. The minimum absolute atomic E-state index is 0.0463. The molecule has 0 aromatic heterocycles. The fourth-order valence-electron chi connectivity index (χ4n) is 2.63. The second kappa shape index (κ2) is 11.7. The van der Waals surface area contributed by atoms with Gasteiger partial charge >= 0.3 is 189 Å². The molecule has 0 radical (unpaired) electrons. The van der Waals surface area contributed by atoms with E-state index < -0.39 is 20.1 Å². The Labute approximate surface area is 188 Å². The SMILES string of the molecule is C\C=C(Cl)/C=C(\C=C(/C)Cl)C(=N)C(=O)N(C)I1CCN(CCC(C)(C)C)CC1. The van der Waals surface area contributed by atoms with Gasteiger partial charge in [-0.3, -0.25) is 0 Å². The van der Waals surface area contributed by atoms with Crippen molar-refractivity contribution < 1.29 is 4.79 Å². The average molecular weight is 542 g/mol. The van der Waals surface area contributed by atoms with Gasteiger partial charge in [-0.25, -0.2) is 0 Å². The Kier molecular flexibility index (Phi) is 10.7. The predicted molar refractivity (Wildman–Crippen MR) is 132 cm³/mol. The van der Waals surface area contributed by atoms with Gasteiger partial charge in [0.2, 0.25) is 0 Å². The third-order valence-electron chi connectivity index (χ3n) is 4.48. The van der Waals surface area contributed by atoms with E-state index in [9.17, 15) is 4.79 Å². The maximum absolute atomic E-state index is 12.9. The van der Waals surface area contributed by atoms with Gasteiger partial charge in [0.1, 0.15) is 0 Å². The number of nitrogens with one attached hydrogen (secondary N) is 1. The van der Waals surface area contributed by atoms with E-state index in [1.807, 2.05) is 17.1 Å². The third-order valence-corrected chi connectivity index (χ3v) is 10.9. The first kappa shape index (κ1) is 25.7. The van der Waals surface area contributed by atoms with Crippen LogP contribution in [-0.2, 0) is 4.79 Å². The molecular formula is C21H34Cl2IN3O. The second-order valence-corrected chi connectivity index (χ2v) is 15.2. The van der Waals surface area contributed by atoms with Crippen LogP contribution >= 0.6 is 43.3 Å². The van der Waals surface area contributed by atoms with Crippen molar-refractivity contribution >= 4 is 54.9 Å². The second-order valence-electron chi connectivity index (χ2n) is 8.12. The molecule has 1 aliphatic heterocycles. The molecule has 1 N–H and O–H groups in total. The minimum atomic E-state index is -1.58. The van der Waals surface area contributed by atoms with Crippen molar-refractivity contribution in [3.8, 4) is 0 Å². The number of carbonyl (C=O) groups excluding carboxylic acids is 1. The van der Waals surface area contributed by atoms with E-state index in [0.29, 0.717) is 21.1 Å². The molecule has 160 valence electrons. The van der Waals surface area contributed by atoms with E-state index in [-0.39, 0.29) is 11.6 Å². The average Bonchev–Trinajstić information content (AvgIpc) is 2.63. The molecule has 1 fully saturated rings. The van der Waals surface area contributed by atoms with Gasteiger partial charge in [-0.15, -0.1) is 0 Å². The molecule has 1 rings (SSSR count). The molecule has 0 unspecified atom stereocenters. The summed E-state index contributed by atoms with van der Waals surface area (Å²) in [7, 11) is 1.86. The molecule has 0 bridgehead atoms. The van der Waals surface area contributed by atoms with Crippen molar-refractivity contribution in [2.24, 2.45) is 5.41 Å². The van der Waals surface area contributed by atoms with Crippen LogP contribution in [0.5, 0.6) is 0 Å². The number of halogens is 3. The number of alkyl halides is 2. The van der Waals surface area contributed by atoms with E-state index in [1.165, 1.54) is 6.42 Å². The summed E-state index contributed by atoms with van der Waals surface area (Å²) < 4.78 is 4.04. The molecule has 0 atom stereocenters. The number of rotatable bonds is 7. The molecular weight excluding hydrogens is 508 g/mol. The number of hydrogen-bond acceptors (Lipinski definition) is 3. The van der Waals surface area contributed by atoms with Crippen molar-refractivity contribution in [3.05, 3.63) is 33.9 Å². The van der Waals surface area contributed by atoms with Crippen molar-refractivity contribution in [2.45, 2.75) is 41.0 Å². The molecule has 0 aromatic carbocycles. The van der Waals surface area contributed by atoms with Crippen LogP contribution in [0.1, 0.15) is 41.0 Å². The fraction of sp³-hybridized carbons (Fsp3) is 0.619. The number of nitrogens with zero attached hydrogens (tertiary/aromatic N) is 2. The molecule has 1 amide bonds. The van der Waals surface area contributed by atoms with Gasteiger partial charge < -0.3 is 0 Å². The first-order valence-corrected chi connectivity index (χ1v) is 14.3. The summed E-state index contributed by atoms with van der Waals surface area (Å²) in [5, 5.41) is 9.40. The molecule has 4 nitrogen and oxygen atoms in total. The van der Waals surface area contributed by atoms with Crippen LogP contribution in [0.15, 0.2) is 33.9 Å². The van der Waals surface area contributed by atoms with E-state index in [4.69, 9.17) is 28.6 Å². The van der Waals surface area contributed by atoms with Gasteiger partial charge in [0.15, 0.2) is 0 Å². The molecule has 0 saturated carbocycles. The van der Waals surface area contributed by atoms with E-state index in [2.05, 4.69) is 25.7 Å². The quantitative estimate of drug-likeness (QED) is 0.144. The monoisotopic (exact) mass is 541 g/mol. The van der Waals surface area contributed by atoms with Crippen LogP contribution in [0, 0.1) is 10.8 Å². The molecule has 7 heteroatoms. The van der Waals surface area contributed by atoms with Gasteiger partial charge in [-0.05, 0) is 0 Å². The number of amides is 1. The summed E-state index contributed by atoms with van der Waals surface area (Å²) >= 11 is 10.5. The molecule has 1 saturated heterocycles. The zero-order chi connectivity index (χ0) is 21.5. The molecule has 1 aliphatic rings.